The van der Waals surface area contributed by atoms with Gasteiger partial charge in [-0.3, -0.25) is 4.79 Å². The summed E-state index contributed by atoms with van der Waals surface area (Å²) in [6.07, 6.45) is 3.19. The lowest BCUT2D eigenvalue weighted by atomic mass is 10.1. The van der Waals surface area contributed by atoms with Crippen molar-refractivity contribution in [1.82, 2.24) is 20.3 Å². The van der Waals surface area contributed by atoms with E-state index in [4.69, 9.17) is 9.26 Å². The number of hydrogen-bond donors (Lipinski definition) is 1. The first-order valence-corrected chi connectivity index (χ1v) is 8.82. The van der Waals surface area contributed by atoms with Crippen LogP contribution < -0.4 is 10.1 Å². The summed E-state index contributed by atoms with van der Waals surface area (Å²) in [6, 6.07) is 14.7. The van der Waals surface area contributed by atoms with Gasteiger partial charge < -0.3 is 14.6 Å². The third kappa shape index (κ3) is 3.68. The zero-order valence-electron chi connectivity index (χ0n) is 15.8. The largest absolute Gasteiger partial charge is 0.479 e. The Morgan fingerprint density at radius 3 is 2.59 bits per heavy atom. The fraction of sp³-hybridized carbons (Fsp3) is 0.0952. The van der Waals surface area contributed by atoms with Crippen molar-refractivity contribution in [1.29, 1.82) is 0 Å². The molecule has 4 rings (SSSR count). The lowest BCUT2D eigenvalue weighted by molar-refractivity contribution is 0.102. The van der Waals surface area contributed by atoms with E-state index in [-0.39, 0.29) is 11.8 Å². The Morgan fingerprint density at radius 2 is 1.86 bits per heavy atom. The SMILES string of the molecule is COc1nc(-c2ccnnc2)ccc1NC(=O)c1c(-c2ccccc2)noc1C. The first kappa shape index (κ1) is 18.3. The van der Waals surface area contributed by atoms with Crippen molar-refractivity contribution in [2.75, 3.05) is 12.4 Å². The number of benzene rings is 1. The highest BCUT2D eigenvalue weighted by Gasteiger charge is 2.23. The summed E-state index contributed by atoms with van der Waals surface area (Å²) < 4.78 is 10.6. The van der Waals surface area contributed by atoms with Crippen molar-refractivity contribution in [3.63, 3.8) is 0 Å². The highest BCUT2D eigenvalue weighted by atomic mass is 16.5. The first-order valence-electron chi connectivity index (χ1n) is 8.82. The van der Waals surface area contributed by atoms with Crippen molar-refractivity contribution in [2.45, 2.75) is 6.92 Å². The van der Waals surface area contributed by atoms with Crippen molar-refractivity contribution in [2.24, 2.45) is 0 Å². The summed E-state index contributed by atoms with van der Waals surface area (Å²) in [6.45, 7) is 1.70. The molecule has 1 N–H and O–H groups in total. The molecule has 8 heteroatoms. The van der Waals surface area contributed by atoms with Crippen LogP contribution in [0.1, 0.15) is 16.1 Å². The van der Waals surface area contributed by atoms with Gasteiger partial charge in [-0.1, -0.05) is 35.5 Å². The van der Waals surface area contributed by atoms with Crippen LogP contribution in [0.15, 0.2) is 65.4 Å². The van der Waals surface area contributed by atoms with E-state index in [1.165, 1.54) is 7.11 Å². The zero-order chi connectivity index (χ0) is 20.2. The number of carbonyl (C=O) groups excluding carboxylic acids is 1. The van der Waals surface area contributed by atoms with Crippen LogP contribution in [0.4, 0.5) is 5.69 Å². The quantitative estimate of drug-likeness (QED) is 0.556. The topological polar surface area (TPSA) is 103 Å². The Bertz CT molecular complexity index is 1140. The summed E-state index contributed by atoms with van der Waals surface area (Å²) in [5.41, 5.74) is 3.51. The molecule has 0 fully saturated rings. The Labute approximate surface area is 166 Å². The van der Waals surface area contributed by atoms with Gasteiger partial charge in [0.2, 0.25) is 5.88 Å². The lowest BCUT2D eigenvalue weighted by Crippen LogP contribution is -2.14. The maximum atomic E-state index is 13.0. The molecular weight excluding hydrogens is 370 g/mol. The molecule has 0 radical (unpaired) electrons. The Morgan fingerprint density at radius 1 is 1.03 bits per heavy atom. The van der Waals surface area contributed by atoms with E-state index in [0.29, 0.717) is 28.4 Å². The number of aryl methyl sites for hydroxylation is 1. The molecule has 0 spiro atoms. The molecule has 1 aromatic carbocycles. The van der Waals surface area contributed by atoms with Crippen LogP contribution in [0.2, 0.25) is 0 Å². The van der Waals surface area contributed by atoms with E-state index in [2.05, 4.69) is 25.7 Å². The molecule has 3 aromatic heterocycles. The molecular formula is C21H17N5O3. The summed E-state index contributed by atoms with van der Waals surface area (Å²) >= 11 is 0. The zero-order valence-corrected chi connectivity index (χ0v) is 15.8. The Balaban J connectivity index is 1.65. The summed E-state index contributed by atoms with van der Waals surface area (Å²) in [5.74, 6) is 0.344. The van der Waals surface area contributed by atoms with Crippen molar-refractivity contribution >= 4 is 11.6 Å². The Hall–Kier alpha value is -4.07. The number of rotatable bonds is 5. The molecule has 0 bridgehead atoms. The van der Waals surface area contributed by atoms with Gasteiger partial charge in [-0.05, 0) is 25.1 Å². The average Bonchev–Trinajstić information content (AvgIpc) is 3.16. The molecule has 144 valence electrons. The first-order chi connectivity index (χ1) is 14.2. The van der Waals surface area contributed by atoms with Crippen LogP contribution in [-0.4, -0.2) is 33.4 Å². The van der Waals surface area contributed by atoms with Gasteiger partial charge in [0.15, 0.2) is 0 Å². The molecule has 4 aromatic rings. The van der Waals surface area contributed by atoms with E-state index in [1.807, 2.05) is 30.3 Å². The number of nitrogens with one attached hydrogen (secondary N) is 1. The molecule has 1 amide bonds. The predicted octanol–water partition coefficient (Wildman–Crippen LogP) is 3.76. The second-order valence-corrected chi connectivity index (χ2v) is 6.17. The molecule has 29 heavy (non-hydrogen) atoms. The fourth-order valence-electron chi connectivity index (χ4n) is 2.91. The number of carbonyl (C=O) groups is 1. The van der Waals surface area contributed by atoms with Crippen LogP contribution in [0.5, 0.6) is 5.88 Å². The fourth-order valence-corrected chi connectivity index (χ4v) is 2.91. The molecule has 3 heterocycles. The molecule has 0 saturated heterocycles. The van der Waals surface area contributed by atoms with Crippen molar-refractivity contribution < 1.29 is 14.1 Å². The minimum Gasteiger partial charge on any atom is -0.479 e. The number of methoxy groups -OCH3 is 1. The average molecular weight is 387 g/mol. The molecule has 0 aliphatic rings. The number of aromatic nitrogens is 4. The van der Waals surface area contributed by atoms with Crippen LogP contribution >= 0.6 is 0 Å². The highest BCUT2D eigenvalue weighted by Crippen LogP contribution is 2.29. The van der Waals surface area contributed by atoms with Gasteiger partial charge in [0, 0.05) is 11.1 Å². The number of ether oxygens (including phenoxy) is 1. The van der Waals surface area contributed by atoms with E-state index in [9.17, 15) is 4.79 Å². The van der Waals surface area contributed by atoms with Gasteiger partial charge in [0.25, 0.3) is 5.91 Å². The van der Waals surface area contributed by atoms with Crippen LogP contribution in [0.3, 0.4) is 0 Å². The lowest BCUT2D eigenvalue weighted by Gasteiger charge is -2.11. The third-order valence-electron chi connectivity index (χ3n) is 4.32. The third-order valence-corrected chi connectivity index (χ3v) is 4.32. The standard InChI is InChI=1S/C21H17N5O3/c1-13-18(19(26-29-13)14-6-4-3-5-7-14)20(27)24-17-9-8-16(25-21(17)28-2)15-10-11-22-23-12-15/h3-12H,1-2H3,(H,24,27). The normalized spacial score (nSPS) is 10.6. The number of nitrogens with zero attached hydrogens (tertiary/aromatic N) is 4. The van der Waals surface area contributed by atoms with Gasteiger partial charge in [0.1, 0.15) is 22.7 Å². The second kappa shape index (κ2) is 7.89. The van der Waals surface area contributed by atoms with Crippen LogP contribution in [-0.2, 0) is 0 Å². The molecule has 0 aliphatic carbocycles. The molecule has 8 nitrogen and oxygen atoms in total. The van der Waals surface area contributed by atoms with Gasteiger partial charge >= 0.3 is 0 Å². The van der Waals surface area contributed by atoms with Crippen LogP contribution in [0, 0.1) is 6.92 Å². The van der Waals surface area contributed by atoms with Crippen molar-refractivity contribution in [3.05, 3.63) is 72.2 Å². The van der Waals surface area contributed by atoms with E-state index < -0.39 is 0 Å². The van der Waals surface area contributed by atoms with Crippen LogP contribution in [0.25, 0.3) is 22.5 Å². The smallest absolute Gasteiger partial charge is 0.261 e. The predicted molar refractivity (Wildman–Crippen MR) is 106 cm³/mol. The summed E-state index contributed by atoms with van der Waals surface area (Å²) in [5, 5.41) is 14.5. The minimum absolute atomic E-state index is 0.281. The Kier molecular flexibility index (Phi) is 4.98. The van der Waals surface area contributed by atoms with Crippen molar-refractivity contribution in [3.8, 4) is 28.4 Å². The van der Waals surface area contributed by atoms with E-state index in [0.717, 1.165) is 11.1 Å². The van der Waals surface area contributed by atoms with Gasteiger partial charge in [-0.25, -0.2) is 4.98 Å². The maximum Gasteiger partial charge on any atom is 0.261 e. The van der Waals surface area contributed by atoms with E-state index in [1.54, 1.807) is 37.5 Å². The monoisotopic (exact) mass is 387 g/mol. The summed E-state index contributed by atoms with van der Waals surface area (Å²) in [7, 11) is 1.49. The number of anilines is 1. The summed E-state index contributed by atoms with van der Waals surface area (Å²) in [4.78, 5) is 17.5. The van der Waals surface area contributed by atoms with Gasteiger partial charge in [-0.2, -0.15) is 10.2 Å². The maximum absolute atomic E-state index is 13.0. The second-order valence-electron chi connectivity index (χ2n) is 6.17. The molecule has 0 unspecified atom stereocenters. The molecule has 0 saturated carbocycles. The molecule has 0 atom stereocenters. The highest BCUT2D eigenvalue weighted by molar-refractivity contribution is 6.09. The number of pyridine rings is 1. The van der Waals surface area contributed by atoms with E-state index >= 15 is 0 Å². The molecule has 0 aliphatic heterocycles. The minimum atomic E-state index is -0.360. The van der Waals surface area contributed by atoms with Gasteiger partial charge in [0.05, 0.1) is 25.2 Å². The van der Waals surface area contributed by atoms with Gasteiger partial charge in [-0.15, -0.1) is 0 Å². The number of hydrogen-bond acceptors (Lipinski definition) is 7. The number of amides is 1.